The zero-order chi connectivity index (χ0) is 11.8. The molecule has 0 radical (unpaired) electrons. The van der Waals surface area contributed by atoms with Gasteiger partial charge in [-0.2, -0.15) is 0 Å². The number of nitrogens with two attached hydrogens (primary N) is 1. The average molecular weight is 265 g/mol. The molecule has 4 heteroatoms. The number of halogens is 1. The lowest BCUT2D eigenvalue weighted by molar-refractivity contribution is 0.351. The van der Waals surface area contributed by atoms with Crippen molar-refractivity contribution < 1.29 is 0 Å². The normalized spacial score (nSPS) is 23.4. The van der Waals surface area contributed by atoms with Crippen LogP contribution in [0.2, 0.25) is 5.02 Å². The quantitative estimate of drug-likeness (QED) is 0.899. The van der Waals surface area contributed by atoms with E-state index < -0.39 is 0 Å². The van der Waals surface area contributed by atoms with Gasteiger partial charge in [0.05, 0.1) is 10.7 Å². The summed E-state index contributed by atoms with van der Waals surface area (Å²) in [4.78, 5) is 4.69. The van der Waals surface area contributed by atoms with Crippen LogP contribution >= 0.6 is 22.9 Å². The average Bonchev–Trinajstić information content (AvgIpc) is 2.75. The maximum Gasteiger partial charge on any atom is 0.0964 e. The lowest BCUT2D eigenvalue weighted by Gasteiger charge is -2.30. The van der Waals surface area contributed by atoms with Gasteiger partial charge in [-0.3, -0.25) is 0 Å². The van der Waals surface area contributed by atoms with E-state index in [0.717, 1.165) is 29.1 Å². The van der Waals surface area contributed by atoms with E-state index >= 15 is 0 Å². The van der Waals surface area contributed by atoms with Gasteiger partial charge in [0.2, 0.25) is 0 Å². The predicted molar refractivity (Wildman–Crippen MR) is 72.5 cm³/mol. The van der Waals surface area contributed by atoms with Crippen molar-refractivity contribution in [2.75, 3.05) is 0 Å². The van der Waals surface area contributed by atoms with Crippen molar-refractivity contribution in [1.29, 1.82) is 0 Å². The van der Waals surface area contributed by atoms with Crippen LogP contribution in [0.5, 0.6) is 0 Å². The predicted octanol–water partition coefficient (Wildman–Crippen LogP) is 3.67. The van der Waals surface area contributed by atoms with Gasteiger partial charge < -0.3 is 5.73 Å². The molecule has 1 aromatic carbocycles. The first-order valence-electron chi connectivity index (χ1n) is 5.69. The van der Waals surface area contributed by atoms with Gasteiger partial charge in [0.15, 0.2) is 0 Å². The maximum atomic E-state index is 5.87. The van der Waals surface area contributed by atoms with Crippen molar-refractivity contribution in [2.45, 2.75) is 24.8 Å². The Morgan fingerprint density at radius 2 is 1.94 bits per heavy atom. The molecule has 0 unspecified atom stereocenters. The molecular weight excluding hydrogens is 252 g/mol. The second-order valence-electron chi connectivity index (χ2n) is 4.51. The Balaban J connectivity index is 1.82. The highest BCUT2D eigenvalue weighted by Crippen LogP contribution is 2.38. The SMILES string of the molecule is NC1CC(c2nc(-c3ccc(Cl)cc3)cs2)C1. The monoisotopic (exact) mass is 264 g/mol. The third-order valence-corrected chi connectivity index (χ3v) is 4.44. The standard InChI is InChI=1S/C13H13ClN2S/c14-10-3-1-8(2-4-10)12-7-17-13(16-12)9-5-11(15)6-9/h1-4,7,9,11H,5-6,15H2. The molecule has 1 aromatic heterocycles. The Morgan fingerprint density at radius 3 is 2.59 bits per heavy atom. The minimum Gasteiger partial charge on any atom is -0.328 e. The largest absolute Gasteiger partial charge is 0.328 e. The highest BCUT2D eigenvalue weighted by atomic mass is 35.5. The topological polar surface area (TPSA) is 38.9 Å². The molecule has 3 rings (SSSR count). The van der Waals surface area contributed by atoms with Crippen LogP contribution in [-0.4, -0.2) is 11.0 Å². The summed E-state index contributed by atoms with van der Waals surface area (Å²) < 4.78 is 0. The lowest BCUT2D eigenvalue weighted by atomic mass is 9.81. The fraction of sp³-hybridized carbons (Fsp3) is 0.308. The summed E-state index contributed by atoms with van der Waals surface area (Å²) in [5.41, 5.74) is 7.97. The van der Waals surface area contributed by atoms with Gasteiger partial charge in [-0.1, -0.05) is 23.7 Å². The van der Waals surface area contributed by atoms with Crippen LogP contribution in [0.1, 0.15) is 23.8 Å². The molecular formula is C13H13ClN2S. The summed E-state index contributed by atoms with van der Waals surface area (Å²) in [6, 6.07) is 8.19. The minimum atomic E-state index is 0.378. The van der Waals surface area contributed by atoms with Crippen molar-refractivity contribution in [3.63, 3.8) is 0 Å². The van der Waals surface area contributed by atoms with E-state index in [0.29, 0.717) is 12.0 Å². The van der Waals surface area contributed by atoms with E-state index in [1.54, 1.807) is 11.3 Å². The first-order valence-corrected chi connectivity index (χ1v) is 6.95. The molecule has 2 aromatic rings. The zero-order valence-corrected chi connectivity index (χ0v) is 10.8. The van der Waals surface area contributed by atoms with Gasteiger partial charge in [0.1, 0.15) is 0 Å². The summed E-state index contributed by atoms with van der Waals surface area (Å²) in [7, 11) is 0. The molecule has 1 aliphatic carbocycles. The third-order valence-electron chi connectivity index (χ3n) is 3.19. The molecule has 0 aliphatic heterocycles. The van der Waals surface area contributed by atoms with Gasteiger partial charge in [-0.15, -0.1) is 11.3 Å². The van der Waals surface area contributed by atoms with E-state index in [-0.39, 0.29) is 0 Å². The van der Waals surface area contributed by atoms with Crippen LogP contribution in [0.3, 0.4) is 0 Å². The van der Waals surface area contributed by atoms with Crippen LogP contribution in [-0.2, 0) is 0 Å². The van der Waals surface area contributed by atoms with Crippen LogP contribution < -0.4 is 5.73 Å². The Morgan fingerprint density at radius 1 is 1.24 bits per heavy atom. The number of nitrogens with zero attached hydrogens (tertiary/aromatic N) is 1. The Kier molecular flexibility index (Phi) is 2.90. The molecule has 0 atom stereocenters. The molecule has 0 spiro atoms. The second kappa shape index (κ2) is 4.41. The van der Waals surface area contributed by atoms with E-state index in [1.165, 1.54) is 5.01 Å². The molecule has 1 aliphatic rings. The van der Waals surface area contributed by atoms with E-state index in [1.807, 2.05) is 24.3 Å². The van der Waals surface area contributed by atoms with Crippen LogP contribution in [0, 0.1) is 0 Å². The number of rotatable bonds is 2. The highest BCUT2D eigenvalue weighted by molar-refractivity contribution is 7.10. The lowest BCUT2D eigenvalue weighted by Crippen LogP contribution is -2.34. The molecule has 2 nitrogen and oxygen atoms in total. The summed E-state index contributed by atoms with van der Waals surface area (Å²) in [5.74, 6) is 0.580. The van der Waals surface area contributed by atoms with Crippen LogP contribution in [0.4, 0.5) is 0 Å². The molecule has 1 fully saturated rings. The summed E-state index contributed by atoms with van der Waals surface area (Å²) in [5, 5.41) is 4.09. The van der Waals surface area contributed by atoms with Crippen LogP contribution in [0.25, 0.3) is 11.3 Å². The first-order chi connectivity index (χ1) is 8.22. The number of benzene rings is 1. The fourth-order valence-corrected chi connectivity index (χ4v) is 3.17. The Bertz CT molecular complexity index is 514. The van der Waals surface area contributed by atoms with Gasteiger partial charge in [0.25, 0.3) is 0 Å². The summed E-state index contributed by atoms with van der Waals surface area (Å²) >= 11 is 7.61. The molecule has 17 heavy (non-hydrogen) atoms. The maximum absolute atomic E-state index is 5.87. The molecule has 0 saturated heterocycles. The Hall–Kier alpha value is -0.900. The van der Waals surface area contributed by atoms with E-state index in [4.69, 9.17) is 17.3 Å². The number of hydrogen-bond acceptors (Lipinski definition) is 3. The van der Waals surface area contributed by atoms with Crippen molar-refractivity contribution >= 4 is 22.9 Å². The van der Waals surface area contributed by atoms with Crippen LogP contribution in [0.15, 0.2) is 29.6 Å². The molecule has 2 N–H and O–H groups in total. The van der Waals surface area contributed by atoms with Crippen molar-refractivity contribution in [2.24, 2.45) is 5.73 Å². The molecule has 0 amide bonds. The Labute approximate surface area is 109 Å². The molecule has 88 valence electrons. The van der Waals surface area contributed by atoms with E-state index in [9.17, 15) is 0 Å². The number of thiazole rings is 1. The summed E-state index contributed by atoms with van der Waals surface area (Å²) in [6.07, 6.45) is 2.15. The smallest absolute Gasteiger partial charge is 0.0964 e. The van der Waals surface area contributed by atoms with E-state index in [2.05, 4.69) is 10.4 Å². The molecule has 0 bridgehead atoms. The van der Waals surface area contributed by atoms with Gasteiger partial charge in [0, 0.05) is 27.9 Å². The second-order valence-corrected chi connectivity index (χ2v) is 5.83. The highest BCUT2D eigenvalue weighted by Gasteiger charge is 2.29. The minimum absolute atomic E-state index is 0.378. The summed E-state index contributed by atoms with van der Waals surface area (Å²) in [6.45, 7) is 0. The van der Waals surface area contributed by atoms with Crippen molar-refractivity contribution in [3.05, 3.63) is 39.7 Å². The van der Waals surface area contributed by atoms with Crippen molar-refractivity contribution in [1.82, 2.24) is 4.98 Å². The number of aromatic nitrogens is 1. The molecule has 1 saturated carbocycles. The molecule has 1 heterocycles. The van der Waals surface area contributed by atoms with Gasteiger partial charge in [-0.25, -0.2) is 4.98 Å². The first kappa shape index (κ1) is 11.2. The fourth-order valence-electron chi connectivity index (χ4n) is 2.09. The van der Waals surface area contributed by atoms with Gasteiger partial charge in [-0.05, 0) is 25.0 Å². The van der Waals surface area contributed by atoms with Gasteiger partial charge >= 0.3 is 0 Å². The zero-order valence-electron chi connectivity index (χ0n) is 9.27. The number of hydrogen-bond donors (Lipinski definition) is 1. The third kappa shape index (κ3) is 2.23. The van der Waals surface area contributed by atoms with Crippen molar-refractivity contribution in [3.8, 4) is 11.3 Å².